The third-order valence-corrected chi connectivity index (χ3v) is 3.97. The topological polar surface area (TPSA) is 87.0 Å². The summed E-state index contributed by atoms with van der Waals surface area (Å²) in [5.74, 6) is -1.04. The second kappa shape index (κ2) is 5.26. The number of phenols is 3. The fourth-order valence-electron chi connectivity index (χ4n) is 2.38. The maximum absolute atomic E-state index is 12.2. The van der Waals surface area contributed by atoms with Gasteiger partial charge in [0, 0.05) is 12.1 Å². The molecule has 3 N–H and O–H groups in total. The van der Waals surface area contributed by atoms with E-state index in [-0.39, 0.29) is 50.8 Å². The van der Waals surface area contributed by atoms with Crippen molar-refractivity contribution in [2.75, 3.05) is 0 Å². The summed E-state index contributed by atoms with van der Waals surface area (Å²) >= 11 is 11.7. The van der Waals surface area contributed by atoms with E-state index in [1.165, 1.54) is 18.2 Å². The maximum Gasteiger partial charge on any atom is 0.174 e. The van der Waals surface area contributed by atoms with E-state index in [9.17, 15) is 20.1 Å². The largest absolute Gasteiger partial charge is 0.508 e. The average Bonchev–Trinajstić information content (AvgIpc) is 2.42. The number of carbonyl (C=O) groups is 1. The molecule has 0 unspecified atom stereocenters. The van der Waals surface area contributed by atoms with Gasteiger partial charge < -0.3 is 20.1 Å². The van der Waals surface area contributed by atoms with Crippen LogP contribution in [0.1, 0.15) is 28.4 Å². The fourth-order valence-corrected chi connectivity index (χ4v) is 2.89. The van der Waals surface area contributed by atoms with Gasteiger partial charge >= 0.3 is 0 Å². The van der Waals surface area contributed by atoms with Crippen molar-refractivity contribution in [2.45, 2.75) is 12.5 Å². The number of ketones is 1. The molecule has 7 heteroatoms. The molecule has 0 bridgehead atoms. The molecule has 5 nitrogen and oxygen atoms in total. The summed E-state index contributed by atoms with van der Waals surface area (Å²) in [4.78, 5) is 12.2. The van der Waals surface area contributed by atoms with Crippen LogP contribution in [0.4, 0.5) is 0 Å². The summed E-state index contributed by atoms with van der Waals surface area (Å²) in [6.07, 6.45) is -0.709. The van der Waals surface area contributed by atoms with Crippen molar-refractivity contribution in [2.24, 2.45) is 0 Å². The molecule has 22 heavy (non-hydrogen) atoms. The van der Waals surface area contributed by atoms with E-state index in [2.05, 4.69) is 0 Å². The predicted molar refractivity (Wildman–Crippen MR) is 80.2 cm³/mol. The van der Waals surface area contributed by atoms with Crippen molar-refractivity contribution in [1.29, 1.82) is 0 Å². The first-order valence-electron chi connectivity index (χ1n) is 6.30. The molecular weight excluding hydrogens is 331 g/mol. The van der Waals surface area contributed by atoms with Crippen molar-refractivity contribution < 1.29 is 24.9 Å². The number of fused-ring (bicyclic) bond motifs is 1. The number of halogens is 2. The lowest BCUT2D eigenvalue weighted by molar-refractivity contribution is 0.0845. The Morgan fingerprint density at radius 3 is 2.32 bits per heavy atom. The molecule has 0 radical (unpaired) electrons. The molecule has 0 saturated heterocycles. The Balaban J connectivity index is 2.04. The highest BCUT2D eigenvalue weighted by atomic mass is 35.5. The number of carbonyl (C=O) groups excluding carboxylic acids is 1. The molecule has 2 aromatic carbocycles. The van der Waals surface area contributed by atoms with Crippen molar-refractivity contribution >= 4 is 29.0 Å². The van der Waals surface area contributed by atoms with Gasteiger partial charge in [-0.05, 0) is 17.7 Å². The zero-order valence-corrected chi connectivity index (χ0v) is 12.5. The molecule has 1 aliphatic heterocycles. The Bertz CT molecular complexity index is 765. The van der Waals surface area contributed by atoms with Gasteiger partial charge in [0.15, 0.2) is 11.5 Å². The number of rotatable bonds is 1. The molecule has 0 amide bonds. The van der Waals surface area contributed by atoms with Crippen molar-refractivity contribution in [3.8, 4) is 23.0 Å². The molecule has 1 aliphatic rings. The van der Waals surface area contributed by atoms with Gasteiger partial charge in [0.1, 0.15) is 28.9 Å². The first-order valence-corrected chi connectivity index (χ1v) is 7.06. The lowest BCUT2D eigenvalue weighted by atomic mass is 9.95. The lowest BCUT2D eigenvalue weighted by Gasteiger charge is -2.26. The fraction of sp³-hybridized carbons (Fsp3) is 0.133. The molecule has 0 spiro atoms. The number of ether oxygens (including phenoxy) is 1. The Morgan fingerprint density at radius 2 is 1.68 bits per heavy atom. The molecular formula is C15H10Cl2O5. The van der Waals surface area contributed by atoms with Crippen LogP contribution in [0.5, 0.6) is 23.0 Å². The summed E-state index contributed by atoms with van der Waals surface area (Å²) < 4.78 is 5.66. The molecule has 114 valence electrons. The Hall–Kier alpha value is -2.11. The van der Waals surface area contributed by atoms with Crippen LogP contribution in [-0.2, 0) is 0 Å². The van der Waals surface area contributed by atoms with Gasteiger partial charge in [0.2, 0.25) is 0 Å². The van der Waals surface area contributed by atoms with Crippen LogP contribution >= 0.6 is 23.2 Å². The van der Waals surface area contributed by atoms with Crippen LogP contribution in [0.25, 0.3) is 0 Å². The summed E-state index contributed by atoms with van der Waals surface area (Å²) in [5, 5.41) is 28.9. The molecule has 1 atom stereocenters. The average molecular weight is 341 g/mol. The molecule has 0 aromatic heterocycles. The third kappa shape index (κ3) is 2.42. The molecule has 0 fully saturated rings. The number of phenolic OH excluding ortho intramolecular Hbond substituents is 3. The van der Waals surface area contributed by atoms with E-state index in [1.807, 2.05) is 0 Å². The Morgan fingerprint density at radius 1 is 1.05 bits per heavy atom. The lowest BCUT2D eigenvalue weighted by Crippen LogP contribution is -2.20. The summed E-state index contributed by atoms with van der Waals surface area (Å²) in [5.41, 5.74) is 0.541. The van der Waals surface area contributed by atoms with Gasteiger partial charge in [-0.1, -0.05) is 23.2 Å². The van der Waals surface area contributed by atoms with Gasteiger partial charge in [0.05, 0.1) is 16.5 Å². The third-order valence-electron chi connectivity index (χ3n) is 3.40. The first kappa shape index (κ1) is 14.8. The van der Waals surface area contributed by atoms with Crippen LogP contribution in [-0.4, -0.2) is 21.1 Å². The van der Waals surface area contributed by atoms with E-state index in [0.717, 1.165) is 6.07 Å². The number of benzene rings is 2. The Labute approximate surface area is 135 Å². The second-order valence-electron chi connectivity index (χ2n) is 4.90. The monoisotopic (exact) mass is 340 g/mol. The minimum Gasteiger partial charge on any atom is -0.508 e. The van der Waals surface area contributed by atoms with Crippen LogP contribution in [0.15, 0.2) is 24.3 Å². The van der Waals surface area contributed by atoms with Gasteiger partial charge in [-0.25, -0.2) is 0 Å². The summed E-state index contributed by atoms with van der Waals surface area (Å²) in [6.45, 7) is 0. The first-order chi connectivity index (χ1) is 10.4. The number of Topliss-reactive ketones (excluding diaryl/α,β-unsaturated/α-hetero) is 1. The number of aromatic hydroxyl groups is 3. The Kier molecular flexibility index (Phi) is 3.54. The standard InChI is InChI=1S/C15H10Cl2O5/c16-8-1-6(2-9(17)15(8)21)12-5-11(20)14-10(19)3-7(18)4-13(14)22-12/h1-4,12,18-19,21H,5H2/t12-/m1/s1. The normalized spacial score (nSPS) is 17.0. The van der Waals surface area contributed by atoms with Crippen LogP contribution in [0.3, 0.4) is 0 Å². The minimum absolute atomic E-state index is 0.0250. The van der Waals surface area contributed by atoms with E-state index in [1.54, 1.807) is 0 Å². The minimum atomic E-state index is -0.684. The highest BCUT2D eigenvalue weighted by Crippen LogP contribution is 2.43. The van der Waals surface area contributed by atoms with Crippen molar-refractivity contribution in [1.82, 2.24) is 0 Å². The predicted octanol–water partition coefficient (Wildman–Crippen LogP) is 3.82. The quantitative estimate of drug-likeness (QED) is 0.734. The van der Waals surface area contributed by atoms with Crippen molar-refractivity contribution in [3.05, 3.63) is 45.4 Å². The molecule has 3 rings (SSSR count). The highest BCUT2D eigenvalue weighted by Gasteiger charge is 2.31. The molecule has 0 saturated carbocycles. The van der Waals surface area contributed by atoms with E-state index < -0.39 is 6.10 Å². The summed E-state index contributed by atoms with van der Waals surface area (Å²) in [6, 6.07) is 5.24. The van der Waals surface area contributed by atoms with Crippen LogP contribution in [0, 0.1) is 0 Å². The van der Waals surface area contributed by atoms with E-state index in [4.69, 9.17) is 27.9 Å². The van der Waals surface area contributed by atoms with Gasteiger partial charge in [-0.15, -0.1) is 0 Å². The van der Waals surface area contributed by atoms with Crippen LogP contribution in [0.2, 0.25) is 10.0 Å². The van der Waals surface area contributed by atoms with Gasteiger partial charge in [-0.2, -0.15) is 0 Å². The molecule has 0 aliphatic carbocycles. The highest BCUT2D eigenvalue weighted by molar-refractivity contribution is 6.37. The van der Waals surface area contributed by atoms with Crippen molar-refractivity contribution in [3.63, 3.8) is 0 Å². The second-order valence-corrected chi connectivity index (χ2v) is 5.72. The molecule has 1 heterocycles. The van der Waals surface area contributed by atoms with E-state index >= 15 is 0 Å². The maximum atomic E-state index is 12.2. The summed E-state index contributed by atoms with van der Waals surface area (Å²) in [7, 11) is 0. The smallest absolute Gasteiger partial charge is 0.174 e. The number of hydrogen-bond acceptors (Lipinski definition) is 5. The van der Waals surface area contributed by atoms with Crippen LogP contribution < -0.4 is 4.74 Å². The van der Waals surface area contributed by atoms with E-state index in [0.29, 0.717) is 5.56 Å². The molecule has 2 aromatic rings. The van der Waals surface area contributed by atoms with Gasteiger partial charge in [0.25, 0.3) is 0 Å². The van der Waals surface area contributed by atoms with Gasteiger partial charge in [-0.3, -0.25) is 4.79 Å². The SMILES string of the molecule is O=C1C[C@H](c2cc(Cl)c(O)c(Cl)c2)Oc2cc(O)cc(O)c21. The zero-order valence-electron chi connectivity index (χ0n) is 11.0. The zero-order chi connectivity index (χ0) is 16.0. The number of hydrogen-bond donors (Lipinski definition) is 3.